The molecule has 0 spiro atoms. The zero-order chi connectivity index (χ0) is 23.5. The van der Waals surface area contributed by atoms with Crippen LogP contribution in [-0.4, -0.2) is 25.0 Å². The van der Waals surface area contributed by atoms with Crippen molar-refractivity contribution >= 4 is 32.0 Å². The Morgan fingerprint density at radius 3 is 2.22 bits per heavy atom. The van der Waals surface area contributed by atoms with Crippen LogP contribution in [0.2, 0.25) is 0 Å². The molecule has 6 nitrogen and oxygen atoms in total. The summed E-state index contributed by atoms with van der Waals surface area (Å²) in [7, 11) is -4.75. The highest BCUT2D eigenvalue weighted by molar-refractivity contribution is 9.10. The molecule has 8 heteroatoms. The van der Waals surface area contributed by atoms with Crippen LogP contribution in [0.3, 0.4) is 0 Å². The average Bonchev–Trinajstić information content (AvgIpc) is 2.74. The van der Waals surface area contributed by atoms with Crippen LogP contribution < -0.4 is 5.73 Å². The van der Waals surface area contributed by atoms with Gasteiger partial charge in [-0.05, 0) is 54.3 Å². The molecular formula is C24H24BrNO5S. The molecule has 0 heterocycles. The molecule has 0 saturated heterocycles. The van der Waals surface area contributed by atoms with Crippen molar-refractivity contribution < 1.29 is 22.5 Å². The minimum absolute atomic E-state index is 0.0762. The number of esters is 1. The van der Waals surface area contributed by atoms with E-state index in [1.807, 2.05) is 30.3 Å². The fourth-order valence-electron chi connectivity index (χ4n) is 3.80. The van der Waals surface area contributed by atoms with Crippen molar-refractivity contribution in [2.24, 2.45) is 5.73 Å². The molecule has 3 rings (SSSR count). The molecule has 3 N–H and O–H groups in total. The van der Waals surface area contributed by atoms with Crippen LogP contribution >= 0.6 is 15.9 Å². The lowest BCUT2D eigenvalue weighted by Crippen LogP contribution is -2.50. The van der Waals surface area contributed by atoms with Gasteiger partial charge in [-0.2, -0.15) is 8.42 Å². The minimum Gasteiger partial charge on any atom is -0.457 e. The zero-order valence-electron chi connectivity index (χ0n) is 17.7. The number of halogens is 1. The van der Waals surface area contributed by atoms with Gasteiger partial charge in [-0.15, -0.1) is 0 Å². The van der Waals surface area contributed by atoms with Gasteiger partial charge in [0.1, 0.15) is 6.61 Å². The number of rotatable bonds is 7. The van der Waals surface area contributed by atoms with Crippen LogP contribution in [0.25, 0.3) is 0 Å². The summed E-state index contributed by atoms with van der Waals surface area (Å²) in [5.41, 5.74) is 8.28. The van der Waals surface area contributed by atoms with Crippen LogP contribution in [0.5, 0.6) is 0 Å². The van der Waals surface area contributed by atoms with Gasteiger partial charge in [0.15, 0.2) is 4.75 Å². The number of aryl methyl sites for hydroxylation is 1. The van der Waals surface area contributed by atoms with Gasteiger partial charge < -0.3 is 10.5 Å². The van der Waals surface area contributed by atoms with Gasteiger partial charge in [0.05, 0.1) is 5.56 Å². The monoisotopic (exact) mass is 517 g/mol. The molecule has 0 fully saturated rings. The van der Waals surface area contributed by atoms with Gasteiger partial charge in [0, 0.05) is 10.5 Å². The number of hydrogen-bond donors (Lipinski definition) is 2. The lowest BCUT2D eigenvalue weighted by Gasteiger charge is -2.35. The van der Waals surface area contributed by atoms with Gasteiger partial charge in [-0.1, -0.05) is 70.5 Å². The van der Waals surface area contributed by atoms with Crippen LogP contribution in [-0.2, 0) is 26.2 Å². The number of ether oxygens (including phenoxy) is 1. The molecule has 0 aliphatic carbocycles. The molecule has 2 atom stereocenters. The maximum absolute atomic E-state index is 12.8. The van der Waals surface area contributed by atoms with Crippen molar-refractivity contribution in [2.75, 3.05) is 0 Å². The van der Waals surface area contributed by atoms with Crippen molar-refractivity contribution in [3.05, 3.63) is 105 Å². The quantitative estimate of drug-likeness (QED) is 0.350. The Morgan fingerprint density at radius 2 is 1.66 bits per heavy atom. The largest absolute Gasteiger partial charge is 0.457 e. The first-order valence-electron chi connectivity index (χ1n) is 9.88. The molecule has 0 aliphatic heterocycles. The molecule has 3 aromatic carbocycles. The molecule has 0 amide bonds. The van der Waals surface area contributed by atoms with Gasteiger partial charge in [-0.25, -0.2) is 4.79 Å². The average molecular weight is 518 g/mol. The lowest BCUT2D eigenvalue weighted by molar-refractivity contribution is 0.0471. The molecule has 2 unspecified atom stereocenters. The van der Waals surface area contributed by atoms with E-state index in [1.165, 1.54) is 13.0 Å². The summed E-state index contributed by atoms with van der Waals surface area (Å²) in [6.07, 6.45) is 0. The molecule has 0 aliphatic rings. The fraction of sp³-hybridized carbons (Fsp3) is 0.208. The first-order valence-corrected chi connectivity index (χ1v) is 12.1. The number of carbonyl (C=O) groups excluding carboxylic acids is 1. The van der Waals surface area contributed by atoms with Crippen LogP contribution in [0.15, 0.2) is 77.3 Å². The number of benzene rings is 3. The summed E-state index contributed by atoms with van der Waals surface area (Å²) in [5.74, 6) is -0.599. The minimum atomic E-state index is -4.75. The Balaban J connectivity index is 2.10. The zero-order valence-corrected chi connectivity index (χ0v) is 20.1. The summed E-state index contributed by atoms with van der Waals surface area (Å²) >= 11 is 3.33. The summed E-state index contributed by atoms with van der Waals surface area (Å²) < 4.78 is 40.2. The SMILES string of the molecule is Cc1ccc(C(c2ccc(Br)cc2)(C(C)N)S(=O)(=O)O)cc1C(=O)OCc1ccccc1. The van der Waals surface area contributed by atoms with Crippen LogP contribution in [0.4, 0.5) is 0 Å². The molecule has 32 heavy (non-hydrogen) atoms. The number of hydrogen-bond acceptors (Lipinski definition) is 5. The third-order valence-corrected chi connectivity index (χ3v) is 7.61. The van der Waals surface area contributed by atoms with E-state index in [0.29, 0.717) is 5.56 Å². The van der Waals surface area contributed by atoms with Gasteiger partial charge in [-0.3, -0.25) is 4.55 Å². The maximum Gasteiger partial charge on any atom is 0.338 e. The van der Waals surface area contributed by atoms with E-state index in [9.17, 15) is 17.8 Å². The third kappa shape index (κ3) is 4.63. The Labute approximate surface area is 196 Å². The van der Waals surface area contributed by atoms with E-state index in [-0.39, 0.29) is 23.3 Å². The van der Waals surface area contributed by atoms with E-state index in [2.05, 4.69) is 15.9 Å². The van der Waals surface area contributed by atoms with Gasteiger partial charge >= 0.3 is 5.97 Å². The van der Waals surface area contributed by atoms with E-state index in [0.717, 1.165) is 10.0 Å². The van der Waals surface area contributed by atoms with Crippen molar-refractivity contribution in [1.29, 1.82) is 0 Å². The highest BCUT2D eigenvalue weighted by Crippen LogP contribution is 2.41. The molecule has 0 radical (unpaired) electrons. The van der Waals surface area contributed by atoms with E-state index in [1.54, 1.807) is 43.3 Å². The second-order valence-corrected chi connectivity index (χ2v) is 10.1. The normalized spacial score (nSPS) is 14.4. The number of carbonyl (C=O) groups is 1. The fourth-order valence-corrected chi connectivity index (χ4v) is 5.39. The van der Waals surface area contributed by atoms with Crippen molar-refractivity contribution in [2.45, 2.75) is 31.2 Å². The second kappa shape index (κ2) is 9.54. The lowest BCUT2D eigenvalue weighted by atomic mass is 9.83. The smallest absolute Gasteiger partial charge is 0.338 e. The molecular weight excluding hydrogens is 494 g/mol. The highest BCUT2D eigenvalue weighted by Gasteiger charge is 2.50. The van der Waals surface area contributed by atoms with Gasteiger partial charge in [0.2, 0.25) is 0 Å². The first kappa shape index (κ1) is 24.1. The predicted octanol–water partition coefficient (Wildman–Crippen LogP) is 4.59. The van der Waals surface area contributed by atoms with E-state index in [4.69, 9.17) is 10.5 Å². The summed E-state index contributed by atoms with van der Waals surface area (Å²) in [5, 5.41) is 0. The van der Waals surface area contributed by atoms with Crippen molar-refractivity contribution in [1.82, 2.24) is 0 Å². The summed E-state index contributed by atoms with van der Waals surface area (Å²) in [4.78, 5) is 12.8. The summed E-state index contributed by atoms with van der Waals surface area (Å²) in [6.45, 7) is 3.30. The van der Waals surface area contributed by atoms with Crippen LogP contribution in [0, 0.1) is 6.92 Å². The first-order chi connectivity index (χ1) is 15.1. The Hall–Kier alpha value is -2.52. The Bertz CT molecular complexity index is 1210. The van der Waals surface area contributed by atoms with E-state index >= 15 is 0 Å². The van der Waals surface area contributed by atoms with Crippen LogP contribution in [0.1, 0.15) is 39.5 Å². The molecule has 0 saturated carbocycles. The van der Waals surface area contributed by atoms with Crippen molar-refractivity contribution in [3.8, 4) is 0 Å². The standard InChI is InChI=1S/C24H24BrNO5S/c1-16-8-9-20(14-22(16)23(27)31-15-18-6-4-3-5-7-18)24(17(2)26,32(28,29)30)19-10-12-21(25)13-11-19/h3-14,17H,15,26H2,1-2H3,(H,28,29,30). The highest BCUT2D eigenvalue weighted by atomic mass is 79.9. The van der Waals surface area contributed by atoms with Crippen molar-refractivity contribution in [3.63, 3.8) is 0 Å². The van der Waals surface area contributed by atoms with E-state index < -0.39 is 26.9 Å². The second-order valence-electron chi connectivity index (χ2n) is 7.60. The number of nitrogens with two attached hydrogens (primary N) is 1. The third-order valence-electron chi connectivity index (χ3n) is 5.42. The predicted molar refractivity (Wildman–Crippen MR) is 127 cm³/mol. The summed E-state index contributed by atoms with van der Waals surface area (Å²) in [6, 6.07) is 19.3. The molecule has 3 aromatic rings. The van der Waals surface area contributed by atoms with Gasteiger partial charge in [0.25, 0.3) is 10.1 Å². The molecule has 168 valence electrons. The molecule has 0 bridgehead atoms. The Morgan fingerprint density at radius 1 is 1.06 bits per heavy atom. The Kier molecular flexibility index (Phi) is 7.19. The molecule has 0 aromatic heterocycles. The maximum atomic E-state index is 12.8. The topological polar surface area (TPSA) is 107 Å².